The van der Waals surface area contributed by atoms with Crippen LogP contribution in [0.4, 0.5) is 0 Å². The number of hydrogen-bond acceptors (Lipinski definition) is 1. The highest BCUT2D eigenvalue weighted by molar-refractivity contribution is 6.22. The summed E-state index contributed by atoms with van der Waals surface area (Å²) in [6.45, 7) is 7.08. The van der Waals surface area contributed by atoms with Gasteiger partial charge in [-0.05, 0) is 37.5 Å². The normalized spacial score (nSPS) is 11.8. The number of aryl methyl sites for hydroxylation is 2. The lowest BCUT2D eigenvalue weighted by Crippen LogP contribution is -2.45. The van der Waals surface area contributed by atoms with Crippen LogP contribution in [-0.2, 0) is 6.54 Å². The molecule has 0 aliphatic heterocycles. The van der Waals surface area contributed by atoms with E-state index in [0.29, 0.717) is 11.8 Å². The Morgan fingerprint density at radius 3 is 2.25 bits per heavy atom. The van der Waals surface area contributed by atoms with E-state index < -0.39 is 0 Å². The van der Waals surface area contributed by atoms with Gasteiger partial charge in [-0.2, -0.15) is 0 Å². The summed E-state index contributed by atoms with van der Waals surface area (Å²) < 4.78 is 0. The molecule has 0 fully saturated rings. The molecule has 0 radical (unpaired) electrons. The highest BCUT2D eigenvalue weighted by Gasteiger charge is 2.20. The molecule has 1 rings (SSSR count). The average Bonchev–Trinajstić information content (AvgIpc) is 2.30. The molecule has 0 bridgehead atoms. The van der Waals surface area contributed by atoms with Gasteiger partial charge in [0.05, 0.1) is 0 Å². The Labute approximate surface area is 108 Å². The molecule has 0 heterocycles. The molecule has 1 aromatic carbocycles. The largest absolute Gasteiger partial charge is 0.305 e. The molecule has 1 nitrogen and oxygen atoms in total. The van der Waals surface area contributed by atoms with Gasteiger partial charge in [-0.1, -0.05) is 18.2 Å². The summed E-state index contributed by atoms with van der Waals surface area (Å²) in [6, 6.07) is 6.48. The average molecular weight is 260 g/mol. The summed E-state index contributed by atoms with van der Waals surface area (Å²) in [5.74, 6) is 1.03. The van der Waals surface area contributed by atoms with Gasteiger partial charge in [0, 0.05) is 23.8 Å². The Morgan fingerprint density at radius 1 is 1.12 bits per heavy atom. The Balaban J connectivity index is 2.64. The third-order valence-corrected chi connectivity index (χ3v) is 4.06. The molecule has 90 valence electrons. The minimum atomic E-state index is -0.193. The first-order valence-electron chi connectivity index (χ1n) is 5.44. The van der Waals surface area contributed by atoms with E-state index in [4.69, 9.17) is 23.2 Å². The van der Waals surface area contributed by atoms with Crippen LogP contribution in [0.1, 0.15) is 23.6 Å². The molecule has 0 spiro atoms. The number of rotatable bonds is 5. The van der Waals surface area contributed by atoms with Crippen molar-refractivity contribution >= 4 is 23.2 Å². The zero-order valence-electron chi connectivity index (χ0n) is 10.1. The number of hydrogen-bond donors (Lipinski definition) is 1. The number of halogens is 2. The van der Waals surface area contributed by atoms with Crippen molar-refractivity contribution in [3.63, 3.8) is 0 Å². The van der Waals surface area contributed by atoms with Crippen LogP contribution in [-0.4, -0.2) is 17.3 Å². The molecule has 0 atom stereocenters. The van der Waals surface area contributed by atoms with Crippen molar-refractivity contribution in [1.82, 2.24) is 5.32 Å². The minimum Gasteiger partial charge on any atom is -0.305 e. The quantitative estimate of drug-likeness (QED) is 0.797. The molecule has 3 heteroatoms. The maximum atomic E-state index is 5.88. The zero-order chi connectivity index (χ0) is 12.2. The lowest BCUT2D eigenvalue weighted by molar-refractivity contribution is 0.435. The van der Waals surface area contributed by atoms with Gasteiger partial charge < -0.3 is 5.32 Å². The van der Waals surface area contributed by atoms with E-state index in [9.17, 15) is 0 Å². The Kier molecular flexibility index (Phi) is 5.10. The summed E-state index contributed by atoms with van der Waals surface area (Å²) in [4.78, 5) is 0. The van der Waals surface area contributed by atoms with E-state index in [1.165, 1.54) is 16.7 Å². The smallest absolute Gasteiger partial charge is 0.0427 e. The van der Waals surface area contributed by atoms with Crippen LogP contribution in [0.2, 0.25) is 0 Å². The van der Waals surface area contributed by atoms with Crippen LogP contribution >= 0.6 is 23.2 Å². The van der Waals surface area contributed by atoms with Gasteiger partial charge in [0.15, 0.2) is 0 Å². The maximum Gasteiger partial charge on any atom is 0.0427 e. The van der Waals surface area contributed by atoms with E-state index >= 15 is 0 Å². The molecule has 0 amide bonds. The highest BCUT2D eigenvalue weighted by atomic mass is 35.5. The van der Waals surface area contributed by atoms with Crippen molar-refractivity contribution < 1.29 is 0 Å². The van der Waals surface area contributed by atoms with Crippen LogP contribution in [0.5, 0.6) is 0 Å². The molecular formula is C13H19Cl2N. The Hall–Kier alpha value is -0.240. The van der Waals surface area contributed by atoms with Crippen LogP contribution in [0, 0.1) is 13.8 Å². The van der Waals surface area contributed by atoms with E-state index in [2.05, 4.69) is 37.4 Å². The third kappa shape index (κ3) is 3.65. The van der Waals surface area contributed by atoms with Gasteiger partial charge in [-0.3, -0.25) is 0 Å². The zero-order valence-corrected chi connectivity index (χ0v) is 11.6. The standard InChI is InChI=1S/C13H19Cl2N/c1-10-4-5-12(6-11(10)2)7-16-13(3,8-14)9-15/h4-6,16H,7-9H2,1-3H3. The summed E-state index contributed by atoms with van der Waals surface area (Å²) in [6.07, 6.45) is 0. The van der Waals surface area contributed by atoms with Gasteiger partial charge >= 0.3 is 0 Å². The van der Waals surface area contributed by atoms with Gasteiger partial charge in [0.1, 0.15) is 0 Å². The molecule has 1 N–H and O–H groups in total. The third-order valence-electron chi connectivity index (χ3n) is 2.88. The second kappa shape index (κ2) is 5.90. The fourth-order valence-electron chi connectivity index (χ4n) is 1.36. The lowest BCUT2D eigenvalue weighted by Gasteiger charge is -2.26. The summed E-state index contributed by atoms with van der Waals surface area (Å²) in [5, 5.41) is 3.39. The molecule has 0 aliphatic carbocycles. The first kappa shape index (κ1) is 13.8. The Morgan fingerprint density at radius 2 is 1.75 bits per heavy atom. The first-order valence-corrected chi connectivity index (χ1v) is 6.51. The van der Waals surface area contributed by atoms with Crippen LogP contribution in [0.25, 0.3) is 0 Å². The summed E-state index contributed by atoms with van der Waals surface area (Å²) >= 11 is 11.8. The maximum absolute atomic E-state index is 5.88. The van der Waals surface area contributed by atoms with Crippen LogP contribution < -0.4 is 5.32 Å². The Bertz CT molecular complexity index is 346. The van der Waals surface area contributed by atoms with Crippen molar-refractivity contribution in [2.24, 2.45) is 0 Å². The number of benzene rings is 1. The molecular weight excluding hydrogens is 241 g/mol. The van der Waals surface area contributed by atoms with Crippen molar-refractivity contribution in [2.45, 2.75) is 32.9 Å². The highest BCUT2D eigenvalue weighted by Crippen LogP contribution is 2.13. The molecule has 0 saturated carbocycles. The monoisotopic (exact) mass is 259 g/mol. The molecule has 16 heavy (non-hydrogen) atoms. The predicted molar refractivity (Wildman–Crippen MR) is 72.6 cm³/mol. The predicted octanol–water partition coefficient (Wildman–Crippen LogP) is 3.63. The van der Waals surface area contributed by atoms with E-state index in [1.54, 1.807) is 0 Å². The molecule has 0 saturated heterocycles. The van der Waals surface area contributed by atoms with E-state index in [-0.39, 0.29) is 5.54 Å². The van der Waals surface area contributed by atoms with Crippen molar-refractivity contribution in [1.29, 1.82) is 0 Å². The van der Waals surface area contributed by atoms with Crippen molar-refractivity contribution in [3.8, 4) is 0 Å². The van der Waals surface area contributed by atoms with E-state index in [1.807, 2.05) is 6.92 Å². The fourth-order valence-corrected chi connectivity index (χ4v) is 1.83. The topological polar surface area (TPSA) is 12.0 Å². The first-order chi connectivity index (χ1) is 7.50. The molecule has 1 aromatic rings. The fraction of sp³-hybridized carbons (Fsp3) is 0.538. The molecule has 0 aromatic heterocycles. The van der Waals surface area contributed by atoms with E-state index in [0.717, 1.165) is 6.54 Å². The van der Waals surface area contributed by atoms with Gasteiger partial charge in [-0.15, -0.1) is 23.2 Å². The van der Waals surface area contributed by atoms with Crippen LogP contribution in [0.3, 0.4) is 0 Å². The van der Waals surface area contributed by atoms with Crippen molar-refractivity contribution in [2.75, 3.05) is 11.8 Å². The SMILES string of the molecule is Cc1ccc(CNC(C)(CCl)CCl)cc1C. The molecule has 0 aliphatic rings. The molecule has 0 unspecified atom stereocenters. The lowest BCUT2D eigenvalue weighted by atomic mass is 10.0. The van der Waals surface area contributed by atoms with Gasteiger partial charge in [0.2, 0.25) is 0 Å². The number of nitrogens with one attached hydrogen (secondary N) is 1. The van der Waals surface area contributed by atoms with Crippen molar-refractivity contribution in [3.05, 3.63) is 34.9 Å². The summed E-state index contributed by atoms with van der Waals surface area (Å²) in [5.41, 5.74) is 3.71. The minimum absolute atomic E-state index is 0.193. The van der Waals surface area contributed by atoms with Gasteiger partial charge in [0.25, 0.3) is 0 Å². The van der Waals surface area contributed by atoms with Crippen LogP contribution in [0.15, 0.2) is 18.2 Å². The second-order valence-corrected chi connectivity index (χ2v) is 5.13. The second-order valence-electron chi connectivity index (χ2n) is 4.60. The number of alkyl halides is 2. The summed E-state index contributed by atoms with van der Waals surface area (Å²) in [7, 11) is 0. The van der Waals surface area contributed by atoms with Gasteiger partial charge in [-0.25, -0.2) is 0 Å².